The van der Waals surface area contributed by atoms with Gasteiger partial charge < -0.3 is 20.9 Å². The Kier molecular flexibility index (Phi) is 3.92. The van der Waals surface area contributed by atoms with Gasteiger partial charge in [0.2, 0.25) is 0 Å². The number of ether oxygens (including phenoxy) is 1. The van der Waals surface area contributed by atoms with Crippen LogP contribution in [0.2, 0.25) is 0 Å². The predicted octanol–water partition coefficient (Wildman–Crippen LogP) is 2.42. The summed E-state index contributed by atoms with van der Waals surface area (Å²) in [4.78, 5) is 0. The number of phenolic OH excluding ortho intramolecular Hbond substituents is 1. The van der Waals surface area contributed by atoms with Crippen LogP contribution in [0.1, 0.15) is 5.56 Å². The number of benzene rings is 1. The Balaban J connectivity index is 2.18. The van der Waals surface area contributed by atoms with E-state index in [1.165, 1.54) is 0 Å². The van der Waals surface area contributed by atoms with Crippen LogP contribution in [0, 0.1) is 6.92 Å². The maximum Gasteiger partial charge on any atom is 0.119 e. The molecule has 0 amide bonds. The molecule has 0 radical (unpaired) electrons. The third kappa shape index (κ3) is 3.17. The summed E-state index contributed by atoms with van der Waals surface area (Å²) >= 11 is 0. The van der Waals surface area contributed by atoms with E-state index in [1.54, 1.807) is 19.2 Å². The quantitative estimate of drug-likeness (QED) is 0.728. The van der Waals surface area contributed by atoms with E-state index in [4.69, 9.17) is 10.5 Å². The molecule has 0 aromatic heterocycles. The minimum absolute atomic E-state index is 0.149. The third-order valence-corrected chi connectivity index (χ3v) is 3.00. The highest BCUT2D eigenvalue weighted by molar-refractivity contribution is 5.56. The van der Waals surface area contributed by atoms with Crippen LogP contribution in [-0.2, 0) is 4.74 Å². The average Bonchev–Trinajstić information content (AvgIpc) is 2.39. The van der Waals surface area contributed by atoms with Gasteiger partial charge in [-0.3, -0.25) is 0 Å². The van der Waals surface area contributed by atoms with Gasteiger partial charge in [-0.05, 0) is 48.4 Å². The first-order valence-corrected chi connectivity index (χ1v) is 6.06. The molecule has 19 heavy (non-hydrogen) atoms. The fraction of sp³-hybridized carbons (Fsp3) is 0.200. The van der Waals surface area contributed by atoms with Crippen molar-refractivity contribution in [3.63, 3.8) is 0 Å². The highest BCUT2D eigenvalue weighted by Gasteiger charge is 2.10. The van der Waals surface area contributed by atoms with Gasteiger partial charge in [0.1, 0.15) is 11.5 Å². The molecule has 1 atom stereocenters. The Morgan fingerprint density at radius 1 is 1.42 bits per heavy atom. The predicted molar refractivity (Wildman–Crippen MR) is 76.8 cm³/mol. The van der Waals surface area contributed by atoms with E-state index in [-0.39, 0.29) is 11.8 Å². The first-order valence-electron chi connectivity index (χ1n) is 6.06. The summed E-state index contributed by atoms with van der Waals surface area (Å²) in [6.45, 7) is 1.93. The fourth-order valence-corrected chi connectivity index (χ4v) is 1.85. The summed E-state index contributed by atoms with van der Waals surface area (Å²) in [6.07, 6.45) is 7.49. The van der Waals surface area contributed by atoms with Crippen LogP contribution in [0.3, 0.4) is 0 Å². The molecule has 0 spiro atoms. The summed E-state index contributed by atoms with van der Waals surface area (Å²) in [6, 6.07) is 5.03. The van der Waals surface area contributed by atoms with Gasteiger partial charge in [0.25, 0.3) is 0 Å². The van der Waals surface area contributed by atoms with Gasteiger partial charge in [0.15, 0.2) is 0 Å². The molecule has 0 saturated carbocycles. The summed E-state index contributed by atoms with van der Waals surface area (Å²) in [5, 5.41) is 12.6. The van der Waals surface area contributed by atoms with Crippen LogP contribution in [-0.4, -0.2) is 18.3 Å². The minimum atomic E-state index is -0.149. The second kappa shape index (κ2) is 5.63. The minimum Gasteiger partial charge on any atom is -0.508 e. The van der Waals surface area contributed by atoms with E-state index >= 15 is 0 Å². The van der Waals surface area contributed by atoms with Crippen molar-refractivity contribution in [1.29, 1.82) is 0 Å². The Bertz CT molecular complexity index is 559. The zero-order valence-corrected chi connectivity index (χ0v) is 11.1. The van der Waals surface area contributed by atoms with Crippen molar-refractivity contribution < 1.29 is 9.84 Å². The third-order valence-electron chi connectivity index (χ3n) is 3.00. The van der Waals surface area contributed by atoms with Crippen molar-refractivity contribution in [2.24, 2.45) is 5.73 Å². The van der Waals surface area contributed by atoms with Crippen LogP contribution >= 0.6 is 0 Å². The number of hydrogen-bond acceptors (Lipinski definition) is 4. The molecule has 4 N–H and O–H groups in total. The Morgan fingerprint density at radius 2 is 2.21 bits per heavy atom. The molecule has 0 bridgehead atoms. The number of allylic oxidation sites excluding steroid dienone is 1. The number of hydrogen-bond donors (Lipinski definition) is 3. The molecule has 1 aliphatic carbocycles. The number of aromatic hydroxyl groups is 1. The van der Waals surface area contributed by atoms with Crippen molar-refractivity contribution in [3.8, 4) is 5.75 Å². The van der Waals surface area contributed by atoms with E-state index in [9.17, 15) is 5.11 Å². The van der Waals surface area contributed by atoms with E-state index < -0.39 is 0 Å². The molecule has 0 fully saturated rings. The zero-order chi connectivity index (χ0) is 13.8. The topological polar surface area (TPSA) is 67.5 Å². The van der Waals surface area contributed by atoms with E-state index in [0.29, 0.717) is 0 Å². The van der Waals surface area contributed by atoms with Crippen molar-refractivity contribution in [2.45, 2.75) is 13.0 Å². The number of methoxy groups -OCH3 is 1. The van der Waals surface area contributed by atoms with Gasteiger partial charge in [0, 0.05) is 11.9 Å². The second-order valence-corrected chi connectivity index (χ2v) is 4.42. The fourth-order valence-electron chi connectivity index (χ4n) is 1.85. The maximum absolute atomic E-state index is 9.36. The Morgan fingerprint density at radius 3 is 2.89 bits per heavy atom. The normalized spacial score (nSPS) is 20.3. The monoisotopic (exact) mass is 258 g/mol. The van der Waals surface area contributed by atoms with Crippen LogP contribution < -0.4 is 11.1 Å². The molecular weight excluding hydrogens is 240 g/mol. The molecule has 0 heterocycles. The van der Waals surface area contributed by atoms with E-state index in [1.807, 2.05) is 37.4 Å². The second-order valence-electron chi connectivity index (χ2n) is 4.42. The lowest BCUT2D eigenvalue weighted by Gasteiger charge is -2.16. The van der Waals surface area contributed by atoms with Gasteiger partial charge in [-0.15, -0.1) is 0 Å². The molecule has 0 aliphatic heterocycles. The van der Waals surface area contributed by atoms with E-state index in [0.717, 1.165) is 22.6 Å². The number of nitrogens with two attached hydrogens (primary N) is 1. The van der Waals surface area contributed by atoms with Crippen LogP contribution in [0.4, 0.5) is 5.69 Å². The van der Waals surface area contributed by atoms with Crippen LogP contribution in [0.25, 0.3) is 0 Å². The number of nitrogens with one attached hydrogen (secondary N) is 1. The summed E-state index contributed by atoms with van der Waals surface area (Å²) in [7, 11) is 1.63. The zero-order valence-electron chi connectivity index (χ0n) is 11.1. The van der Waals surface area contributed by atoms with Crippen LogP contribution in [0.15, 0.2) is 54.0 Å². The van der Waals surface area contributed by atoms with Crippen molar-refractivity contribution in [2.75, 3.05) is 12.4 Å². The number of phenols is 1. The van der Waals surface area contributed by atoms with Gasteiger partial charge in [-0.2, -0.15) is 0 Å². The first-order chi connectivity index (χ1) is 9.10. The Hall–Kier alpha value is -2.20. The maximum atomic E-state index is 9.36. The molecule has 1 unspecified atom stereocenters. The summed E-state index contributed by atoms with van der Waals surface area (Å²) in [5.41, 5.74) is 8.82. The number of rotatable bonds is 3. The van der Waals surface area contributed by atoms with Gasteiger partial charge >= 0.3 is 0 Å². The van der Waals surface area contributed by atoms with Crippen LogP contribution in [0.5, 0.6) is 5.75 Å². The molecule has 2 rings (SSSR count). The SMILES string of the molecule is COC1=C/C(=C/Nc2ccc(O)cc2C)C(N)C=C1. The van der Waals surface area contributed by atoms with Gasteiger partial charge in [-0.1, -0.05) is 6.08 Å². The molecular formula is C15H18N2O2. The molecule has 4 nitrogen and oxygen atoms in total. The standard InChI is InChI=1S/C15H18N2O2/c1-10-7-12(18)3-6-15(10)17-9-11-8-13(19-2)4-5-14(11)16/h3-9,14,17-18H,16H2,1-2H3/b11-9-. The average molecular weight is 258 g/mol. The van der Waals surface area contributed by atoms with Crippen molar-refractivity contribution in [1.82, 2.24) is 0 Å². The lowest BCUT2D eigenvalue weighted by molar-refractivity contribution is 0.305. The number of anilines is 1. The molecule has 100 valence electrons. The lowest BCUT2D eigenvalue weighted by Crippen LogP contribution is -2.22. The van der Waals surface area contributed by atoms with Gasteiger partial charge in [-0.25, -0.2) is 0 Å². The summed E-state index contributed by atoms with van der Waals surface area (Å²) in [5.74, 6) is 1.03. The number of aryl methyl sites for hydroxylation is 1. The lowest BCUT2D eigenvalue weighted by atomic mass is 10.0. The smallest absolute Gasteiger partial charge is 0.119 e. The Labute approximate surface area is 112 Å². The van der Waals surface area contributed by atoms with Gasteiger partial charge in [0.05, 0.1) is 13.2 Å². The molecule has 0 saturated heterocycles. The molecule has 1 aromatic carbocycles. The summed E-state index contributed by atoms with van der Waals surface area (Å²) < 4.78 is 5.18. The van der Waals surface area contributed by atoms with Crippen molar-refractivity contribution in [3.05, 3.63) is 59.5 Å². The largest absolute Gasteiger partial charge is 0.508 e. The van der Waals surface area contributed by atoms with Crippen molar-refractivity contribution >= 4 is 5.69 Å². The first kappa shape index (κ1) is 13.2. The molecule has 4 heteroatoms. The highest BCUT2D eigenvalue weighted by Crippen LogP contribution is 2.21. The highest BCUT2D eigenvalue weighted by atomic mass is 16.5. The molecule has 1 aromatic rings. The molecule has 1 aliphatic rings. The van der Waals surface area contributed by atoms with E-state index in [2.05, 4.69) is 5.32 Å².